The van der Waals surface area contributed by atoms with Crippen LogP contribution < -0.4 is 24.2 Å². The van der Waals surface area contributed by atoms with Gasteiger partial charge in [-0.2, -0.15) is 0 Å². The topological polar surface area (TPSA) is 103 Å². The average molecular weight is 497 g/mol. The van der Waals surface area contributed by atoms with E-state index in [0.29, 0.717) is 22.2 Å². The van der Waals surface area contributed by atoms with Crippen molar-refractivity contribution in [1.29, 1.82) is 0 Å². The summed E-state index contributed by atoms with van der Waals surface area (Å²) in [4.78, 5) is 12.9. The second-order valence-corrected chi connectivity index (χ2v) is 10.1. The van der Waals surface area contributed by atoms with Gasteiger partial charge < -0.3 is 19.5 Å². The van der Waals surface area contributed by atoms with Gasteiger partial charge in [-0.15, -0.1) is 0 Å². The Bertz CT molecular complexity index is 1120. The molecule has 1 saturated carbocycles. The summed E-state index contributed by atoms with van der Waals surface area (Å²) in [7, 11) is 0.387. The highest BCUT2D eigenvalue weighted by Gasteiger charge is 2.29. The van der Waals surface area contributed by atoms with Crippen molar-refractivity contribution in [3.05, 3.63) is 40.9 Å². The highest BCUT2D eigenvalue weighted by molar-refractivity contribution is 7.89. The largest absolute Gasteiger partial charge is 0.495 e. The number of hydrogen-bond donors (Lipinski definition) is 2. The summed E-state index contributed by atoms with van der Waals surface area (Å²) in [6, 6.07) is 7.17. The molecule has 3 rings (SSSR count). The number of methoxy groups -OCH3 is 3. The third kappa shape index (κ3) is 5.72. The molecule has 0 saturated heterocycles. The van der Waals surface area contributed by atoms with E-state index < -0.39 is 15.9 Å². The fourth-order valence-electron chi connectivity index (χ4n) is 3.93. The molecule has 8 nitrogen and oxygen atoms in total. The van der Waals surface area contributed by atoms with Gasteiger partial charge in [0.05, 0.1) is 32.0 Å². The molecule has 0 spiro atoms. The van der Waals surface area contributed by atoms with E-state index in [4.69, 9.17) is 25.8 Å². The lowest BCUT2D eigenvalue weighted by Crippen LogP contribution is -2.41. The van der Waals surface area contributed by atoms with Crippen molar-refractivity contribution in [3.8, 4) is 17.2 Å². The lowest BCUT2D eigenvalue weighted by molar-refractivity contribution is 0.102. The quantitative estimate of drug-likeness (QED) is 0.558. The summed E-state index contributed by atoms with van der Waals surface area (Å²) in [6.45, 7) is 2.04. The summed E-state index contributed by atoms with van der Waals surface area (Å²) in [6.07, 6.45) is 3.82. The molecule has 1 aliphatic carbocycles. The Kier molecular flexibility index (Phi) is 8.10. The standard InChI is InChI=1S/C23H29ClN2O6S/c1-14-7-5-6-8-17(14)26-33(28,29)22-11-15(9-10-19(22)30-2)23(27)25-18-13-20(31-3)16(24)12-21(18)32-4/h9-14,17,26H,5-8H2,1-4H3,(H,25,27). The molecule has 0 bridgehead atoms. The second kappa shape index (κ2) is 10.6. The van der Waals surface area contributed by atoms with Gasteiger partial charge >= 0.3 is 0 Å². The number of carbonyl (C=O) groups excluding carboxylic acids is 1. The van der Waals surface area contributed by atoms with Crippen LogP contribution in [-0.4, -0.2) is 41.7 Å². The molecule has 2 aromatic carbocycles. The molecule has 1 fully saturated rings. The van der Waals surface area contributed by atoms with E-state index in [1.165, 1.54) is 51.7 Å². The molecular formula is C23H29ClN2O6S. The van der Waals surface area contributed by atoms with Gasteiger partial charge in [0.2, 0.25) is 10.0 Å². The van der Waals surface area contributed by atoms with Crippen molar-refractivity contribution in [2.24, 2.45) is 5.92 Å². The van der Waals surface area contributed by atoms with E-state index in [2.05, 4.69) is 10.0 Å². The minimum absolute atomic E-state index is 0.0870. The molecule has 2 atom stereocenters. The highest BCUT2D eigenvalue weighted by atomic mass is 35.5. The van der Waals surface area contributed by atoms with E-state index >= 15 is 0 Å². The lowest BCUT2D eigenvalue weighted by Gasteiger charge is -2.29. The van der Waals surface area contributed by atoms with Crippen molar-refractivity contribution < 1.29 is 27.4 Å². The van der Waals surface area contributed by atoms with E-state index in [1.807, 2.05) is 6.92 Å². The molecule has 10 heteroatoms. The first-order valence-electron chi connectivity index (χ1n) is 10.6. The van der Waals surface area contributed by atoms with Gasteiger partial charge in [-0.1, -0.05) is 31.4 Å². The summed E-state index contributed by atoms with van der Waals surface area (Å²) in [5.74, 6) is 0.564. The van der Waals surface area contributed by atoms with E-state index in [-0.39, 0.29) is 28.2 Å². The fourth-order valence-corrected chi connectivity index (χ4v) is 5.74. The van der Waals surface area contributed by atoms with Gasteiger partial charge in [0.25, 0.3) is 5.91 Å². The van der Waals surface area contributed by atoms with Crippen LogP contribution in [0.3, 0.4) is 0 Å². The maximum atomic E-state index is 13.2. The van der Waals surface area contributed by atoms with Crippen LogP contribution in [0.5, 0.6) is 17.2 Å². The molecule has 2 aromatic rings. The Hall–Kier alpha value is -2.49. The van der Waals surface area contributed by atoms with Crippen LogP contribution >= 0.6 is 11.6 Å². The van der Waals surface area contributed by atoms with Gasteiger partial charge in [-0.05, 0) is 37.0 Å². The highest BCUT2D eigenvalue weighted by Crippen LogP contribution is 2.36. The zero-order valence-corrected chi connectivity index (χ0v) is 20.7. The monoisotopic (exact) mass is 496 g/mol. The minimum Gasteiger partial charge on any atom is -0.495 e. The predicted octanol–water partition coefficient (Wildman–Crippen LogP) is 4.48. The number of amides is 1. The first-order valence-corrected chi connectivity index (χ1v) is 12.5. The molecule has 0 radical (unpaired) electrons. The van der Waals surface area contributed by atoms with Crippen LogP contribution in [-0.2, 0) is 10.0 Å². The maximum Gasteiger partial charge on any atom is 0.255 e. The Morgan fingerprint density at radius 1 is 0.970 bits per heavy atom. The van der Waals surface area contributed by atoms with Crippen molar-refractivity contribution in [1.82, 2.24) is 4.72 Å². The average Bonchev–Trinajstić information content (AvgIpc) is 2.80. The maximum absolute atomic E-state index is 13.2. The van der Waals surface area contributed by atoms with Gasteiger partial charge in [0.1, 0.15) is 22.1 Å². The molecule has 2 N–H and O–H groups in total. The van der Waals surface area contributed by atoms with Crippen molar-refractivity contribution >= 4 is 33.2 Å². The van der Waals surface area contributed by atoms with Gasteiger partial charge in [-0.25, -0.2) is 13.1 Å². The zero-order chi connectivity index (χ0) is 24.2. The van der Waals surface area contributed by atoms with Gasteiger partial charge in [0.15, 0.2) is 0 Å². The Labute approximate surface area is 199 Å². The summed E-state index contributed by atoms with van der Waals surface area (Å²) < 4.78 is 45.0. The fraction of sp³-hybridized carbons (Fsp3) is 0.435. The van der Waals surface area contributed by atoms with Crippen LogP contribution in [0.1, 0.15) is 43.0 Å². The number of hydrogen-bond acceptors (Lipinski definition) is 6. The number of carbonyl (C=O) groups is 1. The zero-order valence-electron chi connectivity index (χ0n) is 19.1. The smallest absolute Gasteiger partial charge is 0.255 e. The third-order valence-corrected chi connectivity index (χ3v) is 7.66. The Balaban J connectivity index is 1.91. The van der Waals surface area contributed by atoms with Crippen LogP contribution in [0.4, 0.5) is 5.69 Å². The first kappa shape index (κ1) is 25.1. The van der Waals surface area contributed by atoms with Gasteiger partial charge in [-0.3, -0.25) is 4.79 Å². The van der Waals surface area contributed by atoms with Gasteiger partial charge in [0, 0.05) is 23.7 Å². The molecule has 180 valence electrons. The number of rotatable bonds is 8. The molecule has 33 heavy (non-hydrogen) atoms. The second-order valence-electron chi connectivity index (χ2n) is 8.00. The van der Waals surface area contributed by atoms with Crippen molar-refractivity contribution in [3.63, 3.8) is 0 Å². The van der Waals surface area contributed by atoms with Crippen molar-refractivity contribution in [2.45, 2.75) is 43.5 Å². The van der Waals surface area contributed by atoms with Crippen LogP contribution in [0.2, 0.25) is 5.02 Å². The predicted molar refractivity (Wildman–Crippen MR) is 127 cm³/mol. The van der Waals surface area contributed by atoms with Crippen LogP contribution in [0, 0.1) is 5.92 Å². The van der Waals surface area contributed by atoms with E-state index in [0.717, 1.165) is 25.7 Å². The number of nitrogens with one attached hydrogen (secondary N) is 2. The molecule has 1 amide bonds. The number of benzene rings is 2. The summed E-state index contributed by atoms with van der Waals surface area (Å²) in [5, 5.41) is 3.05. The molecular weight excluding hydrogens is 468 g/mol. The molecule has 1 aliphatic rings. The minimum atomic E-state index is -3.91. The molecule has 0 aliphatic heterocycles. The number of sulfonamides is 1. The number of ether oxygens (including phenoxy) is 3. The Morgan fingerprint density at radius 3 is 2.27 bits per heavy atom. The molecule has 2 unspecified atom stereocenters. The third-order valence-electron chi connectivity index (χ3n) is 5.86. The summed E-state index contributed by atoms with van der Waals surface area (Å²) in [5.41, 5.74) is 0.474. The first-order chi connectivity index (χ1) is 15.7. The van der Waals surface area contributed by atoms with E-state index in [1.54, 1.807) is 0 Å². The normalized spacial score (nSPS) is 18.5. The SMILES string of the molecule is COc1cc(NC(=O)c2ccc(OC)c(S(=O)(=O)NC3CCCCC3C)c2)c(OC)cc1Cl. The number of halogens is 1. The lowest BCUT2D eigenvalue weighted by atomic mass is 9.87. The van der Waals surface area contributed by atoms with E-state index in [9.17, 15) is 13.2 Å². The molecule has 0 aromatic heterocycles. The van der Waals surface area contributed by atoms with Crippen LogP contribution in [0.15, 0.2) is 35.2 Å². The Morgan fingerprint density at radius 2 is 1.64 bits per heavy atom. The van der Waals surface area contributed by atoms with Crippen LogP contribution in [0.25, 0.3) is 0 Å². The summed E-state index contributed by atoms with van der Waals surface area (Å²) >= 11 is 6.12. The van der Waals surface area contributed by atoms with Crippen molar-refractivity contribution in [2.75, 3.05) is 26.6 Å². The molecule has 0 heterocycles. The number of anilines is 1.